The topological polar surface area (TPSA) is 20.2 Å². The van der Waals surface area contributed by atoms with E-state index in [4.69, 9.17) is 0 Å². The molecule has 1 aromatic heterocycles. The molecular weight excluding hydrogens is 222 g/mol. The third kappa shape index (κ3) is 4.14. The number of aryl methyl sites for hydroxylation is 1. The monoisotopic (exact) mass is 249 g/mol. The molecule has 1 aliphatic heterocycles. The maximum Gasteiger partial charge on any atom is 0.0220 e. The minimum Gasteiger partial charge on any atom is -0.354 e. The smallest absolute Gasteiger partial charge is 0.0220 e. The predicted octanol–water partition coefficient (Wildman–Crippen LogP) is 2.33. The van der Waals surface area contributed by atoms with Gasteiger partial charge in [-0.2, -0.15) is 0 Å². The molecule has 0 aromatic carbocycles. The van der Waals surface area contributed by atoms with Crippen LogP contribution < -0.4 is 5.32 Å². The summed E-state index contributed by atoms with van der Waals surface area (Å²) in [6.07, 6.45) is 7.18. The fourth-order valence-electron chi connectivity index (χ4n) is 2.73. The van der Waals surface area contributed by atoms with Gasteiger partial charge in [0.25, 0.3) is 0 Å². The Morgan fingerprint density at radius 3 is 2.78 bits per heavy atom. The number of nitrogens with zero attached hydrogens (tertiary/aromatic N) is 2. The molecule has 2 heterocycles. The Labute approximate surface area is 111 Å². The fourth-order valence-corrected chi connectivity index (χ4v) is 2.73. The van der Waals surface area contributed by atoms with Gasteiger partial charge in [0, 0.05) is 32.0 Å². The molecule has 0 amide bonds. The average molecular weight is 249 g/mol. The normalized spacial score (nSPS) is 18.3. The van der Waals surface area contributed by atoms with Crippen molar-refractivity contribution in [2.75, 3.05) is 26.2 Å². The summed E-state index contributed by atoms with van der Waals surface area (Å²) in [6.45, 7) is 11.6. The van der Waals surface area contributed by atoms with Crippen molar-refractivity contribution in [3.63, 3.8) is 0 Å². The molecule has 1 N–H and O–H groups in total. The van der Waals surface area contributed by atoms with E-state index >= 15 is 0 Å². The van der Waals surface area contributed by atoms with Crippen LogP contribution in [0.1, 0.15) is 32.3 Å². The van der Waals surface area contributed by atoms with E-state index in [1.54, 1.807) is 0 Å². The molecular formula is C15H27N3. The molecule has 1 aliphatic rings. The van der Waals surface area contributed by atoms with Crippen LogP contribution in [0.5, 0.6) is 0 Å². The molecule has 1 atom stereocenters. The van der Waals surface area contributed by atoms with E-state index in [9.17, 15) is 0 Å². The summed E-state index contributed by atoms with van der Waals surface area (Å²) in [6, 6.07) is 2.21. The lowest BCUT2D eigenvalue weighted by Gasteiger charge is -2.20. The van der Waals surface area contributed by atoms with Crippen molar-refractivity contribution in [2.24, 2.45) is 5.92 Å². The minimum absolute atomic E-state index is 0.747. The first-order chi connectivity index (χ1) is 8.78. The Balaban J connectivity index is 1.61. The van der Waals surface area contributed by atoms with E-state index in [1.165, 1.54) is 38.0 Å². The van der Waals surface area contributed by atoms with Gasteiger partial charge in [-0.3, -0.25) is 0 Å². The highest BCUT2D eigenvalue weighted by Gasteiger charge is 2.14. The highest BCUT2D eigenvalue weighted by Crippen LogP contribution is 2.10. The van der Waals surface area contributed by atoms with Crippen LogP contribution in [-0.4, -0.2) is 35.6 Å². The first kappa shape index (κ1) is 13.6. The van der Waals surface area contributed by atoms with Crippen molar-refractivity contribution in [3.05, 3.63) is 24.0 Å². The molecule has 1 fully saturated rings. The van der Waals surface area contributed by atoms with Crippen molar-refractivity contribution in [1.82, 2.24) is 14.8 Å². The fraction of sp³-hybridized carbons (Fsp3) is 0.733. The Hall–Kier alpha value is -0.800. The summed E-state index contributed by atoms with van der Waals surface area (Å²) in [5.41, 5.74) is 1.39. The molecule has 2 rings (SSSR count). The summed E-state index contributed by atoms with van der Waals surface area (Å²) in [5.74, 6) is 0.747. The molecule has 0 spiro atoms. The number of hydrogen-bond acceptors (Lipinski definition) is 2. The lowest BCUT2D eigenvalue weighted by Crippen LogP contribution is -2.31. The molecule has 0 bridgehead atoms. The lowest BCUT2D eigenvalue weighted by atomic mass is 10.1. The van der Waals surface area contributed by atoms with E-state index in [2.05, 4.69) is 47.1 Å². The third-order valence-electron chi connectivity index (χ3n) is 3.77. The van der Waals surface area contributed by atoms with Crippen LogP contribution in [0.3, 0.4) is 0 Å². The van der Waals surface area contributed by atoms with Crippen LogP contribution in [0.4, 0.5) is 0 Å². The molecule has 0 aliphatic carbocycles. The maximum atomic E-state index is 3.57. The number of hydrogen-bond donors (Lipinski definition) is 1. The molecule has 3 heteroatoms. The first-order valence-corrected chi connectivity index (χ1v) is 7.35. The van der Waals surface area contributed by atoms with Crippen LogP contribution in [0.15, 0.2) is 18.5 Å². The van der Waals surface area contributed by atoms with Crippen LogP contribution in [-0.2, 0) is 13.1 Å². The first-order valence-electron chi connectivity index (χ1n) is 7.35. The van der Waals surface area contributed by atoms with Gasteiger partial charge in [-0.05, 0) is 56.9 Å². The van der Waals surface area contributed by atoms with E-state index in [0.29, 0.717) is 0 Å². The Morgan fingerprint density at radius 2 is 2.11 bits per heavy atom. The lowest BCUT2D eigenvalue weighted by molar-refractivity contribution is 0.282. The molecule has 1 aromatic rings. The van der Waals surface area contributed by atoms with Gasteiger partial charge in [0.05, 0.1) is 0 Å². The van der Waals surface area contributed by atoms with E-state index in [1.807, 2.05) is 0 Å². The van der Waals surface area contributed by atoms with Crippen LogP contribution >= 0.6 is 0 Å². The SMILES string of the molecule is CCn1ccc(CNCC(C)CN2CCCC2)c1. The Morgan fingerprint density at radius 1 is 1.33 bits per heavy atom. The summed E-state index contributed by atoms with van der Waals surface area (Å²) < 4.78 is 2.23. The second-order valence-corrected chi connectivity index (χ2v) is 5.59. The van der Waals surface area contributed by atoms with E-state index in [-0.39, 0.29) is 0 Å². The highest BCUT2D eigenvalue weighted by molar-refractivity contribution is 5.09. The Bertz CT molecular complexity index is 339. The van der Waals surface area contributed by atoms with Crippen molar-refractivity contribution in [3.8, 4) is 0 Å². The van der Waals surface area contributed by atoms with Gasteiger partial charge in [-0.15, -0.1) is 0 Å². The summed E-state index contributed by atoms with van der Waals surface area (Å²) >= 11 is 0. The number of likely N-dealkylation sites (tertiary alicyclic amines) is 1. The zero-order valence-corrected chi connectivity index (χ0v) is 11.9. The third-order valence-corrected chi connectivity index (χ3v) is 3.77. The van der Waals surface area contributed by atoms with E-state index in [0.717, 1.165) is 25.6 Å². The number of aromatic nitrogens is 1. The van der Waals surface area contributed by atoms with Gasteiger partial charge in [0.15, 0.2) is 0 Å². The highest BCUT2D eigenvalue weighted by atomic mass is 15.1. The van der Waals surface area contributed by atoms with Gasteiger partial charge in [-0.1, -0.05) is 6.92 Å². The zero-order valence-electron chi connectivity index (χ0n) is 11.9. The van der Waals surface area contributed by atoms with Crippen molar-refractivity contribution in [2.45, 2.75) is 39.8 Å². The zero-order chi connectivity index (χ0) is 12.8. The number of nitrogens with one attached hydrogen (secondary N) is 1. The summed E-state index contributed by atoms with van der Waals surface area (Å²) in [7, 11) is 0. The second-order valence-electron chi connectivity index (χ2n) is 5.59. The molecule has 0 saturated carbocycles. The van der Waals surface area contributed by atoms with Crippen LogP contribution in [0.25, 0.3) is 0 Å². The molecule has 1 saturated heterocycles. The van der Waals surface area contributed by atoms with Gasteiger partial charge in [0.2, 0.25) is 0 Å². The maximum absolute atomic E-state index is 3.57. The molecule has 102 valence electrons. The van der Waals surface area contributed by atoms with Crippen molar-refractivity contribution in [1.29, 1.82) is 0 Å². The van der Waals surface area contributed by atoms with Crippen LogP contribution in [0, 0.1) is 5.92 Å². The van der Waals surface area contributed by atoms with Gasteiger partial charge >= 0.3 is 0 Å². The minimum atomic E-state index is 0.747. The Kier molecular flexibility index (Phi) is 5.26. The number of rotatable bonds is 7. The molecule has 0 radical (unpaired) electrons. The second kappa shape index (κ2) is 6.95. The van der Waals surface area contributed by atoms with Crippen molar-refractivity contribution >= 4 is 0 Å². The van der Waals surface area contributed by atoms with Gasteiger partial charge in [0.1, 0.15) is 0 Å². The molecule has 18 heavy (non-hydrogen) atoms. The van der Waals surface area contributed by atoms with Gasteiger partial charge in [-0.25, -0.2) is 0 Å². The largest absolute Gasteiger partial charge is 0.354 e. The van der Waals surface area contributed by atoms with Gasteiger partial charge < -0.3 is 14.8 Å². The molecule has 1 unspecified atom stereocenters. The predicted molar refractivity (Wildman–Crippen MR) is 76.7 cm³/mol. The summed E-state index contributed by atoms with van der Waals surface area (Å²) in [4.78, 5) is 2.60. The van der Waals surface area contributed by atoms with Crippen LogP contribution in [0.2, 0.25) is 0 Å². The standard InChI is InChI=1S/C15H27N3/c1-3-17-9-6-15(13-17)11-16-10-14(2)12-18-7-4-5-8-18/h6,9,13-14,16H,3-5,7-8,10-12H2,1-2H3. The summed E-state index contributed by atoms with van der Waals surface area (Å²) in [5, 5.41) is 3.57. The average Bonchev–Trinajstić information content (AvgIpc) is 3.00. The van der Waals surface area contributed by atoms with E-state index < -0.39 is 0 Å². The van der Waals surface area contributed by atoms with Crippen molar-refractivity contribution < 1.29 is 0 Å². The quantitative estimate of drug-likeness (QED) is 0.800. The molecule has 3 nitrogen and oxygen atoms in total.